The molecule has 1 fully saturated rings. The van der Waals surface area contributed by atoms with E-state index in [1.807, 2.05) is 14.0 Å². The molecule has 0 spiro atoms. The molecule has 0 aromatic heterocycles. The Morgan fingerprint density at radius 1 is 1.29 bits per heavy atom. The molecular weight excluding hydrogens is 214 g/mol. The van der Waals surface area contributed by atoms with Gasteiger partial charge in [-0.05, 0) is 33.2 Å². The third-order valence-corrected chi connectivity index (χ3v) is 4.35. The smallest absolute Gasteiger partial charge is 0.323 e. The maximum absolute atomic E-state index is 11.5. The molecular formula is C14H27NO2. The second-order valence-corrected chi connectivity index (χ2v) is 5.59. The Morgan fingerprint density at radius 2 is 1.82 bits per heavy atom. The summed E-state index contributed by atoms with van der Waals surface area (Å²) >= 11 is 0. The molecule has 1 unspecified atom stereocenters. The van der Waals surface area contributed by atoms with Crippen LogP contribution < -0.4 is 0 Å². The lowest BCUT2D eigenvalue weighted by atomic mass is 9.91. The highest BCUT2D eigenvalue weighted by Gasteiger charge is 2.39. The summed E-state index contributed by atoms with van der Waals surface area (Å²) in [6, 6.07) is 0.449. The Labute approximate surface area is 105 Å². The number of hydrogen-bond acceptors (Lipinski definition) is 2. The summed E-state index contributed by atoms with van der Waals surface area (Å²) in [5.41, 5.74) is -0.691. The molecule has 1 saturated carbocycles. The van der Waals surface area contributed by atoms with Crippen LogP contribution in [0.3, 0.4) is 0 Å². The molecule has 0 bridgehead atoms. The van der Waals surface area contributed by atoms with Crippen molar-refractivity contribution in [2.45, 2.75) is 76.8 Å². The first-order chi connectivity index (χ1) is 8.02. The summed E-state index contributed by atoms with van der Waals surface area (Å²) in [5.74, 6) is -0.675. The van der Waals surface area contributed by atoms with Crippen LogP contribution in [0.5, 0.6) is 0 Å². The topological polar surface area (TPSA) is 40.5 Å². The van der Waals surface area contributed by atoms with Crippen molar-refractivity contribution in [2.75, 3.05) is 7.05 Å². The maximum Gasteiger partial charge on any atom is 0.323 e. The summed E-state index contributed by atoms with van der Waals surface area (Å²) in [6.45, 7) is 3.94. The number of carboxylic acid groups (broad SMARTS) is 1. The molecule has 3 heteroatoms. The highest BCUT2D eigenvalue weighted by atomic mass is 16.4. The second-order valence-electron chi connectivity index (χ2n) is 5.59. The lowest BCUT2D eigenvalue weighted by Crippen LogP contribution is -2.54. The molecule has 1 N–H and O–H groups in total. The largest absolute Gasteiger partial charge is 0.480 e. The quantitative estimate of drug-likeness (QED) is 0.751. The van der Waals surface area contributed by atoms with Crippen LogP contribution in [0, 0.1) is 0 Å². The lowest BCUT2D eigenvalue weighted by Gasteiger charge is -2.40. The molecule has 1 atom stereocenters. The Hall–Kier alpha value is -0.570. The van der Waals surface area contributed by atoms with Crippen molar-refractivity contribution in [3.8, 4) is 0 Å². The van der Waals surface area contributed by atoms with E-state index in [4.69, 9.17) is 0 Å². The van der Waals surface area contributed by atoms with Crippen molar-refractivity contribution in [3.63, 3.8) is 0 Å². The molecule has 0 aromatic carbocycles. The monoisotopic (exact) mass is 241 g/mol. The van der Waals surface area contributed by atoms with Gasteiger partial charge in [0.05, 0.1) is 0 Å². The molecule has 1 aliphatic carbocycles. The van der Waals surface area contributed by atoms with Crippen molar-refractivity contribution >= 4 is 5.97 Å². The van der Waals surface area contributed by atoms with E-state index < -0.39 is 11.5 Å². The minimum Gasteiger partial charge on any atom is -0.480 e. The number of nitrogens with zero attached hydrogens (tertiary/aromatic N) is 1. The number of rotatable bonds is 5. The van der Waals surface area contributed by atoms with Gasteiger partial charge in [-0.1, -0.05) is 39.0 Å². The molecule has 1 aliphatic rings. The molecule has 0 aromatic rings. The fourth-order valence-electron chi connectivity index (χ4n) is 2.97. The van der Waals surface area contributed by atoms with E-state index in [2.05, 4.69) is 11.8 Å². The second kappa shape index (κ2) is 6.39. The zero-order chi connectivity index (χ0) is 12.9. The summed E-state index contributed by atoms with van der Waals surface area (Å²) in [6.07, 6.45) is 9.07. The normalized spacial score (nSPS) is 22.1. The Morgan fingerprint density at radius 3 is 2.24 bits per heavy atom. The van der Waals surface area contributed by atoms with Crippen molar-refractivity contribution < 1.29 is 9.90 Å². The van der Waals surface area contributed by atoms with E-state index in [1.165, 1.54) is 25.7 Å². The highest BCUT2D eigenvalue weighted by molar-refractivity contribution is 5.78. The average Bonchev–Trinajstić information content (AvgIpc) is 2.56. The van der Waals surface area contributed by atoms with E-state index in [9.17, 15) is 9.90 Å². The molecule has 3 nitrogen and oxygen atoms in total. The molecule has 0 amide bonds. The van der Waals surface area contributed by atoms with Gasteiger partial charge < -0.3 is 5.11 Å². The van der Waals surface area contributed by atoms with E-state index in [1.54, 1.807) is 0 Å². The SMILES string of the molecule is CCCC(C)(C(=O)O)N(C)C1CCCCCC1. The Balaban J connectivity index is 2.75. The molecule has 1 rings (SSSR count). The van der Waals surface area contributed by atoms with Crippen LogP contribution in [0.15, 0.2) is 0 Å². The number of carbonyl (C=O) groups is 1. The molecule has 17 heavy (non-hydrogen) atoms. The highest BCUT2D eigenvalue weighted by Crippen LogP contribution is 2.29. The van der Waals surface area contributed by atoms with E-state index >= 15 is 0 Å². The first-order valence-corrected chi connectivity index (χ1v) is 6.98. The number of aliphatic carboxylic acids is 1. The summed E-state index contributed by atoms with van der Waals surface area (Å²) in [5, 5.41) is 9.49. The first kappa shape index (κ1) is 14.5. The van der Waals surface area contributed by atoms with E-state index in [0.29, 0.717) is 6.04 Å². The summed E-state index contributed by atoms with van der Waals surface area (Å²) in [7, 11) is 2.00. The first-order valence-electron chi connectivity index (χ1n) is 6.98. The van der Waals surface area contributed by atoms with Gasteiger partial charge in [0.15, 0.2) is 0 Å². The van der Waals surface area contributed by atoms with Crippen molar-refractivity contribution in [1.29, 1.82) is 0 Å². The standard InChI is InChI=1S/C14H27NO2/c1-4-11-14(2,13(16)17)15(3)12-9-7-5-6-8-10-12/h12H,4-11H2,1-3H3,(H,16,17). The molecule has 100 valence electrons. The van der Waals surface area contributed by atoms with Gasteiger partial charge in [0.25, 0.3) is 0 Å². The Kier molecular flexibility index (Phi) is 5.44. The zero-order valence-corrected chi connectivity index (χ0v) is 11.5. The van der Waals surface area contributed by atoms with Gasteiger partial charge in [-0.15, -0.1) is 0 Å². The van der Waals surface area contributed by atoms with Crippen LogP contribution in [0.25, 0.3) is 0 Å². The van der Waals surface area contributed by atoms with Crippen molar-refractivity contribution in [2.24, 2.45) is 0 Å². The third kappa shape index (κ3) is 3.44. The van der Waals surface area contributed by atoms with E-state index in [-0.39, 0.29) is 0 Å². The predicted molar refractivity (Wildman–Crippen MR) is 70.2 cm³/mol. The summed E-state index contributed by atoms with van der Waals surface area (Å²) in [4.78, 5) is 13.7. The van der Waals surface area contributed by atoms with Gasteiger partial charge in [-0.25, -0.2) is 0 Å². The fraction of sp³-hybridized carbons (Fsp3) is 0.929. The Bertz CT molecular complexity index is 247. The predicted octanol–water partition coefficient (Wildman–Crippen LogP) is 3.28. The summed E-state index contributed by atoms with van der Waals surface area (Å²) < 4.78 is 0. The molecule has 0 heterocycles. The van der Waals surface area contributed by atoms with E-state index in [0.717, 1.165) is 25.7 Å². The van der Waals surface area contributed by atoms with Crippen LogP contribution in [-0.2, 0) is 4.79 Å². The fourth-order valence-corrected chi connectivity index (χ4v) is 2.97. The van der Waals surface area contributed by atoms with Gasteiger partial charge in [0, 0.05) is 6.04 Å². The third-order valence-electron chi connectivity index (χ3n) is 4.35. The van der Waals surface area contributed by atoms with Crippen LogP contribution >= 0.6 is 0 Å². The number of carboxylic acids is 1. The van der Waals surface area contributed by atoms with Crippen LogP contribution in [-0.4, -0.2) is 34.6 Å². The van der Waals surface area contributed by atoms with Crippen molar-refractivity contribution in [1.82, 2.24) is 4.90 Å². The van der Waals surface area contributed by atoms with Gasteiger partial charge in [-0.2, -0.15) is 0 Å². The molecule has 0 aliphatic heterocycles. The van der Waals surface area contributed by atoms with Crippen molar-refractivity contribution in [3.05, 3.63) is 0 Å². The van der Waals surface area contributed by atoms with Crippen LogP contribution in [0.1, 0.15) is 65.2 Å². The minimum atomic E-state index is -0.691. The van der Waals surface area contributed by atoms with Gasteiger partial charge in [-0.3, -0.25) is 9.69 Å². The average molecular weight is 241 g/mol. The van der Waals surface area contributed by atoms with Gasteiger partial charge >= 0.3 is 5.97 Å². The lowest BCUT2D eigenvalue weighted by molar-refractivity contribution is -0.152. The molecule has 0 radical (unpaired) electrons. The molecule has 0 saturated heterocycles. The number of likely N-dealkylation sites (N-methyl/N-ethyl adjacent to an activating group) is 1. The zero-order valence-electron chi connectivity index (χ0n) is 11.5. The van der Waals surface area contributed by atoms with Gasteiger partial charge in [0.2, 0.25) is 0 Å². The van der Waals surface area contributed by atoms with Gasteiger partial charge in [0.1, 0.15) is 5.54 Å². The van der Waals surface area contributed by atoms with Crippen LogP contribution in [0.4, 0.5) is 0 Å². The minimum absolute atomic E-state index is 0.449. The van der Waals surface area contributed by atoms with Crippen LogP contribution in [0.2, 0.25) is 0 Å². The maximum atomic E-state index is 11.5. The number of hydrogen-bond donors (Lipinski definition) is 1.